The molecule has 0 amide bonds. The lowest BCUT2D eigenvalue weighted by Gasteiger charge is -2.40. The molecule has 1 saturated carbocycles. The van der Waals surface area contributed by atoms with Crippen LogP contribution in [0, 0.1) is 0 Å². The minimum Gasteiger partial charge on any atom is -0.393 e. The number of nitrogens with two attached hydrogens (primary N) is 1. The van der Waals surface area contributed by atoms with Crippen molar-refractivity contribution in [3.63, 3.8) is 0 Å². The average Bonchev–Trinajstić information content (AvgIpc) is 2.33. The molecule has 3 N–H and O–H groups in total. The van der Waals surface area contributed by atoms with Gasteiger partial charge in [-0.25, -0.2) is 0 Å². The third kappa shape index (κ3) is 2.28. The molecule has 2 heteroatoms. The zero-order chi connectivity index (χ0) is 11.6. The molecule has 88 valence electrons. The van der Waals surface area contributed by atoms with Gasteiger partial charge in [0.15, 0.2) is 0 Å². The molecule has 0 aliphatic heterocycles. The molecule has 16 heavy (non-hydrogen) atoms. The van der Waals surface area contributed by atoms with Crippen LogP contribution < -0.4 is 5.73 Å². The molecule has 0 saturated heterocycles. The van der Waals surface area contributed by atoms with Gasteiger partial charge in [0.2, 0.25) is 0 Å². The van der Waals surface area contributed by atoms with Crippen molar-refractivity contribution in [1.29, 1.82) is 0 Å². The van der Waals surface area contributed by atoms with Crippen molar-refractivity contribution in [2.45, 2.75) is 50.2 Å². The third-order valence-electron chi connectivity index (χ3n) is 4.05. The van der Waals surface area contributed by atoms with Crippen molar-refractivity contribution < 1.29 is 5.11 Å². The van der Waals surface area contributed by atoms with Gasteiger partial charge in [0.05, 0.1) is 6.10 Å². The fourth-order valence-corrected chi connectivity index (χ4v) is 2.65. The number of rotatable bonds is 2. The van der Waals surface area contributed by atoms with Crippen molar-refractivity contribution in [1.82, 2.24) is 0 Å². The number of benzene rings is 1. The Balaban J connectivity index is 2.12. The highest BCUT2D eigenvalue weighted by atomic mass is 16.3. The van der Waals surface area contributed by atoms with Crippen LogP contribution in [0.5, 0.6) is 0 Å². The minimum absolute atomic E-state index is 0.138. The number of hydrogen-bond acceptors (Lipinski definition) is 2. The maximum atomic E-state index is 9.54. The van der Waals surface area contributed by atoms with Crippen LogP contribution in [-0.2, 0) is 0 Å². The fraction of sp³-hybridized carbons (Fsp3) is 0.571. The van der Waals surface area contributed by atoms with Gasteiger partial charge in [0, 0.05) is 5.54 Å². The second-order valence-electron chi connectivity index (χ2n) is 5.10. The molecular formula is C14H21NO. The Bertz CT molecular complexity index is 328. The van der Waals surface area contributed by atoms with E-state index < -0.39 is 0 Å². The lowest BCUT2D eigenvalue weighted by atomic mass is 9.71. The largest absolute Gasteiger partial charge is 0.393 e. The van der Waals surface area contributed by atoms with Crippen molar-refractivity contribution >= 4 is 0 Å². The first-order valence-electron chi connectivity index (χ1n) is 6.14. The van der Waals surface area contributed by atoms with Gasteiger partial charge in [-0.05, 0) is 37.2 Å². The predicted octanol–water partition coefficient (Wildman–Crippen LogP) is 2.42. The van der Waals surface area contributed by atoms with Crippen LogP contribution >= 0.6 is 0 Å². The maximum Gasteiger partial charge on any atom is 0.0541 e. The predicted molar refractivity (Wildman–Crippen MR) is 66.3 cm³/mol. The smallest absolute Gasteiger partial charge is 0.0541 e. The molecule has 1 fully saturated rings. The highest BCUT2D eigenvalue weighted by Gasteiger charge is 2.36. The SMILES string of the molecule is CC(c1ccccc1)C1(N)CCC(O)CC1. The van der Waals surface area contributed by atoms with Crippen LogP contribution in [0.4, 0.5) is 0 Å². The van der Waals surface area contributed by atoms with Crippen molar-refractivity contribution in [3.8, 4) is 0 Å². The first-order valence-corrected chi connectivity index (χ1v) is 6.14. The highest BCUT2D eigenvalue weighted by molar-refractivity contribution is 5.23. The summed E-state index contributed by atoms with van der Waals surface area (Å²) in [5.74, 6) is 0.362. The summed E-state index contributed by atoms with van der Waals surface area (Å²) in [5.41, 5.74) is 7.65. The van der Waals surface area contributed by atoms with Gasteiger partial charge in [-0.2, -0.15) is 0 Å². The van der Waals surface area contributed by atoms with Crippen molar-refractivity contribution in [2.75, 3.05) is 0 Å². The lowest BCUT2D eigenvalue weighted by molar-refractivity contribution is 0.0897. The van der Waals surface area contributed by atoms with E-state index >= 15 is 0 Å². The van der Waals surface area contributed by atoms with Gasteiger partial charge in [-0.1, -0.05) is 37.3 Å². The fourth-order valence-electron chi connectivity index (χ4n) is 2.65. The van der Waals surface area contributed by atoms with E-state index in [4.69, 9.17) is 5.73 Å². The van der Waals surface area contributed by atoms with Gasteiger partial charge in [0.25, 0.3) is 0 Å². The summed E-state index contributed by atoms with van der Waals surface area (Å²) in [4.78, 5) is 0. The number of aliphatic hydroxyl groups excluding tert-OH is 1. The van der Waals surface area contributed by atoms with Gasteiger partial charge in [0.1, 0.15) is 0 Å². The summed E-state index contributed by atoms with van der Waals surface area (Å²) in [7, 11) is 0. The zero-order valence-corrected chi connectivity index (χ0v) is 9.89. The Morgan fingerprint density at radius 2 is 1.81 bits per heavy atom. The van der Waals surface area contributed by atoms with Gasteiger partial charge < -0.3 is 10.8 Å². The second kappa shape index (κ2) is 4.56. The van der Waals surface area contributed by atoms with Crippen LogP contribution in [0.15, 0.2) is 30.3 Å². The first-order chi connectivity index (χ1) is 7.62. The van der Waals surface area contributed by atoms with Crippen molar-refractivity contribution in [3.05, 3.63) is 35.9 Å². The first kappa shape index (κ1) is 11.6. The summed E-state index contributed by atoms with van der Waals surface area (Å²) in [5, 5.41) is 9.54. The zero-order valence-electron chi connectivity index (χ0n) is 9.89. The van der Waals surface area contributed by atoms with Crippen LogP contribution in [0.2, 0.25) is 0 Å². The van der Waals surface area contributed by atoms with Crippen molar-refractivity contribution in [2.24, 2.45) is 5.73 Å². The van der Waals surface area contributed by atoms with Crippen LogP contribution in [0.25, 0.3) is 0 Å². The summed E-state index contributed by atoms with van der Waals surface area (Å²) >= 11 is 0. The summed E-state index contributed by atoms with van der Waals surface area (Å²) in [6.45, 7) is 2.20. The highest BCUT2D eigenvalue weighted by Crippen LogP contribution is 2.37. The van der Waals surface area contributed by atoms with Crippen LogP contribution in [0.3, 0.4) is 0 Å². The molecule has 1 atom stereocenters. The van der Waals surface area contributed by atoms with E-state index in [1.807, 2.05) is 6.07 Å². The van der Waals surface area contributed by atoms with Gasteiger partial charge >= 0.3 is 0 Å². The molecule has 1 aromatic carbocycles. The summed E-state index contributed by atoms with van der Waals surface area (Å²) < 4.78 is 0. The number of aliphatic hydroxyl groups is 1. The molecule has 0 bridgehead atoms. The molecular weight excluding hydrogens is 198 g/mol. The molecule has 1 aliphatic carbocycles. The topological polar surface area (TPSA) is 46.2 Å². The molecule has 0 aromatic heterocycles. The Hall–Kier alpha value is -0.860. The quantitative estimate of drug-likeness (QED) is 0.802. The van der Waals surface area contributed by atoms with E-state index in [0.29, 0.717) is 5.92 Å². The van der Waals surface area contributed by atoms with E-state index in [1.54, 1.807) is 0 Å². The minimum atomic E-state index is -0.139. The Kier molecular flexibility index (Phi) is 3.31. The molecule has 1 aliphatic rings. The third-order valence-corrected chi connectivity index (χ3v) is 4.05. The molecule has 2 nitrogen and oxygen atoms in total. The molecule has 2 rings (SSSR count). The van der Waals surface area contributed by atoms with Gasteiger partial charge in [-0.3, -0.25) is 0 Å². The summed E-state index contributed by atoms with van der Waals surface area (Å²) in [6, 6.07) is 10.4. The molecule has 0 radical (unpaired) electrons. The van der Waals surface area contributed by atoms with E-state index in [9.17, 15) is 5.11 Å². The Morgan fingerprint density at radius 3 is 2.38 bits per heavy atom. The summed E-state index contributed by atoms with van der Waals surface area (Å²) in [6.07, 6.45) is 3.38. The monoisotopic (exact) mass is 219 g/mol. The molecule has 0 heterocycles. The van der Waals surface area contributed by atoms with Crippen LogP contribution in [-0.4, -0.2) is 16.7 Å². The molecule has 0 spiro atoms. The standard InChI is InChI=1S/C14H21NO/c1-11(12-5-3-2-4-6-12)14(15)9-7-13(16)8-10-14/h2-6,11,13,16H,7-10,15H2,1H3. The lowest BCUT2D eigenvalue weighted by Crippen LogP contribution is -2.48. The van der Waals surface area contributed by atoms with E-state index in [-0.39, 0.29) is 11.6 Å². The maximum absolute atomic E-state index is 9.54. The van der Waals surface area contributed by atoms with Crippen LogP contribution in [0.1, 0.15) is 44.1 Å². The normalized spacial score (nSPS) is 32.3. The Labute approximate surface area is 97.5 Å². The number of hydrogen-bond donors (Lipinski definition) is 2. The molecule has 1 aromatic rings. The van der Waals surface area contributed by atoms with E-state index in [1.165, 1.54) is 5.56 Å². The van der Waals surface area contributed by atoms with Gasteiger partial charge in [-0.15, -0.1) is 0 Å². The average molecular weight is 219 g/mol. The Morgan fingerprint density at radius 1 is 1.25 bits per heavy atom. The van der Waals surface area contributed by atoms with E-state index in [2.05, 4.69) is 31.2 Å². The molecule has 1 unspecified atom stereocenters. The second-order valence-corrected chi connectivity index (χ2v) is 5.10. The van der Waals surface area contributed by atoms with E-state index in [0.717, 1.165) is 25.7 Å².